The van der Waals surface area contributed by atoms with Crippen molar-refractivity contribution in [2.24, 2.45) is 0 Å². The number of hydrogen-bond donors (Lipinski definition) is 0. The Hall–Kier alpha value is -2.55. The van der Waals surface area contributed by atoms with Gasteiger partial charge < -0.3 is 27.9 Å². The van der Waals surface area contributed by atoms with Crippen LogP contribution in [0.4, 0.5) is 0 Å². The van der Waals surface area contributed by atoms with Gasteiger partial charge in [-0.15, -0.1) is 0 Å². The minimum absolute atomic E-state index is 0.0439. The summed E-state index contributed by atoms with van der Waals surface area (Å²) in [4.78, 5) is 37.6. The summed E-state index contributed by atoms with van der Waals surface area (Å²) in [5, 5.41) is 0. The first kappa shape index (κ1) is 59.5. The van der Waals surface area contributed by atoms with Crippen LogP contribution >= 0.6 is 7.82 Å². The molecular formula is C52H92NO8P. The van der Waals surface area contributed by atoms with Crippen LogP contribution in [0.1, 0.15) is 194 Å². The Labute approximate surface area is 380 Å². The van der Waals surface area contributed by atoms with Crippen LogP contribution in [0.25, 0.3) is 0 Å². The summed E-state index contributed by atoms with van der Waals surface area (Å²) >= 11 is 0. The fourth-order valence-electron chi connectivity index (χ4n) is 6.45. The van der Waals surface area contributed by atoms with Crippen molar-refractivity contribution >= 4 is 19.8 Å². The van der Waals surface area contributed by atoms with E-state index in [2.05, 4.69) is 74.6 Å². The van der Waals surface area contributed by atoms with Gasteiger partial charge in [-0.2, -0.15) is 0 Å². The lowest BCUT2D eigenvalue weighted by Crippen LogP contribution is -2.37. The predicted octanol–water partition coefficient (Wildman–Crippen LogP) is 13.9. The second-order valence-electron chi connectivity index (χ2n) is 17.5. The number of unbranched alkanes of at least 4 members (excludes halogenated alkanes) is 18. The highest BCUT2D eigenvalue weighted by Crippen LogP contribution is 2.38. The van der Waals surface area contributed by atoms with Crippen LogP contribution in [-0.2, 0) is 32.7 Å². The molecule has 0 aliphatic carbocycles. The first-order chi connectivity index (χ1) is 30.0. The van der Waals surface area contributed by atoms with E-state index in [9.17, 15) is 19.0 Å². The van der Waals surface area contributed by atoms with Gasteiger partial charge in [0.25, 0.3) is 7.82 Å². The average molecular weight is 890 g/mol. The molecule has 0 aliphatic heterocycles. The highest BCUT2D eigenvalue weighted by atomic mass is 31.2. The van der Waals surface area contributed by atoms with Crippen molar-refractivity contribution in [1.29, 1.82) is 0 Å². The number of allylic oxidation sites excluding steroid dienone is 12. The maximum absolute atomic E-state index is 12.7. The van der Waals surface area contributed by atoms with Gasteiger partial charge in [-0.1, -0.05) is 202 Å². The monoisotopic (exact) mass is 890 g/mol. The molecule has 0 aromatic rings. The molecule has 0 aliphatic rings. The average Bonchev–Trinajstić information content (AvgIpc) is 3.23. The zero-order chi connectivity index (χ0) is 45.7. The Morgan fingerprint density at radius 3 is 1.34 bits per heavy atom. The summed E-state index contributed by atoms with van der Waals surface area (Å²) in [6, 6.07) is 0. The lowest BCUT2D eigenvalue weighted by atomic mass is 10.0. The zero-order valence-electron chi connectivity index (χ0n) is 40.3. The molecule has 0 spiro atoms. The molecule has 0 aromatic carbocycles. The van der Waals surface area contributed by atoms with Crippen molar-refractivity contribution in [2.45, 2.75) is 200 Å². The third-order valence-corrected chi connectivity index (χ3v) is 11.2. The highest BCUT2D eigenvalue weighted by Gasteiger charge is 2.21. The van der Waals surface area contributed by atoms with Crippen LogP contribution in [-0.4, -0.2) is 70.0 Å². The van der Waals surface area contributed by atoms with Gasteiger partial charge in [-0.05, 0) is 51.4 Å². The normalized spacial score (nSPS) is 14.1. The zero-order valence-corrected chi connectivity index (χ0v) is 41.2. The van der Waals surface area contributed by atoms with Gasteiger partial charge in [-0.3, -0.25) is 14.2 Å². The summed E-state index contributed by atoms with van der Waals surface area (Å²) in [5.41, 5.74) is 0. The molecule has 0 bridgehead atoms. The van der Waals surface area contributed by atoms with Crippen molar-refractivity contribution in [1.82, 2.24) is 0 Å². The van der Waals surface area contributed by atoms with E-state index in [1.165, 1.54) is 96.3 Å². The van der Waals surface area contributed by atoms with Crippen LogP contribution in [0.2, 0.25) is 0 Å². The molecular weight excluding hydrogens is 798 g/mol. The lowest BCUT2D eigenvalue weighted by molar-refractivity contribution is -0.870. The Balaban J connectivity index is 4.39. The molecule has 0 rings (SSSR count). The van der Waals surface area contributed by atoms with E-state index in [-0.39, 0.29) is 26.1 Å². The van der Waals surface area contributed by atoms with Gasteiger partial charge in [0.2, 0.25) is 0 Å². The first-order valence-electron chi connectivity index (χ1n) is 24.6. The maximum Gasteiger partial charge on any atom is 0.306 e. The molecule has 0 N–H and O–H groups in total. The molecule has 0 aromatic heterocycles. The van der Waals surface area contributed by atoms with Crippen LogP contribution in [0.15, 0.2) is 72.9 Å². The smallest absolute Gasteiger partial charge is 0.306 e. The number of rotatable bonds is 44. The molecule has 0 amide bonds. The molecule has 0 saturated carbocycles. The third kappa shape index (κ3) is 46.9. The molecule has 0 saturated heterocycles. The van der Waals surface area contributed by atoms with Crippen LogP contribution in [0.5, 0.6) is 0 Å². The van der Waals surface area contributed by atoms with E-state index in [1.54, 1.807) is 0 Å². The van der Waals surface area contributed by atoms with E-state index in [1.807, 2.05) is 33.3 Å². The van der Waals surface area contributed by atoms with Crippen molar-refractivity contribution in [2.75, 3.05) is 47.5 Å². The van der Waals surface area contributed by atoms with Crippen molar-refractivity contribution in [3.05, 3.63) is 72.9 Å². The summed E-state index contributed by atoms with van der Waals surface area (Å²) < 4.78 is 33.9. The Kier molecular flexibility index (Phi) is 41.9. The van der Waals surface area contributed by atoms with Gasteiger partial charge >= 0.3 is 11.9 Å². The molecule has 0 fully saturated rings. The molecule has 9 nitrogen and oxygen atoms in total. The van der Waals surface area contributed by atoms with E-state index in [0.29, 0.717) is 23.9 Å². The van der Waals surface area contributed by atoms with E-state index < -0.39 is 32.5 Å². The predicted molar refractivity (Wildman–Crippen MR) is 259 cm³/mol. The van der Waals surface area contributed by atoms with Crippen molar-refractivity contribution < 1.29 is 42.1 Å². The number of carbonyl (C=O) groups is 2. The number of hydrogen-bond acceptors (Lipinski definition) is 8. The molecule has 10 heteroatoms. The number of phosphoric acid groups is 1. The van der Waals surface area contributed by atoms with Gasteiger partial charge in [0, 0.05) is 12.8 Å². The summed E-state index contributed by atoms with van der Waals surface area (Å²) in [6.07, 6.45) is 55.2. The van der Waals surface area contributed by atoms with E-state index in [4.69, 9.17) is 18.5 Å². The Morgan fingerprint density at radius 1 is 0.516 bits per heavy atom. The van der Waals surface area contributed by atoms with E-state index in [0.717, 1.165) is 57.8 Å². The molecule has 0 heterocycles. The fraction of sp³-hybridized carbons (Fsp3) is 0.731. The second kappa shape index (κ2) is 43.7. The van der Waals surface area contributed by atoms with E-state index >= 15 is 0 Å². The number of ether oxygens (including phenoxy) is 2. The summed E-state index contributed by atoms with van der Waals surface area (Å²) in [7, 11) is 1.12. The standard InChI is InChI=1S/C52H92NO8P/c1-6-8-10-12-14-16-18-20-22-24-26-28-30-32-34-36-38-40-42-44-51(54)58-48-50(49-60-62(56,57)59-47-46-53(3,4)5)61-52(55)45-43-41-39-37-35-33-31-29-27-25-23-21-19-17-15-13-11-9-7-2/h8,10,14,16,20,22,26,28,32,34,38,40,50H,6-7,9,11-13,15,17-19,21,23-25,27,29-31,33,35-37,39,41-49H2,1-5H3/b10-8-,16-14-,22-20-,28-26-,34-32-,40-38-/t50-/m1/s1. The number of esters is 2. The largest absolute Gasteiger partial charge is 0.756 e. The number of nitrogens with zero attached hydrogens (tertiary/aromatic N) is 1. The highest BCUT2D eigenvalue weighted by molar-refractivity contribution is 7.45. The minimum Gasteiger partial charge on any atom is -0.756 e. The van der Waals surface area contributed by atoms with Crippen molar-refractivity contribution in [3.8, 4) is 0 Å². The molecule has 358 valence electrons. The quantitative estimate of drug-likeness (QED) is 0.0195. The first-order valence-corrected chi connectivity index (χ1v) is 26.1. The third-order valence-electron chi connectivity index (χ3n) is 10.3. The minimum atomic E-state index is -4.65. The SMILES string of the molecule is CC/C=C\C/C=C\C/C=C\C/C=C\C/C=C\C/C=C\CCC(=O)OC[C@H](COP(=O)([O-])OCC[N+](C)(C)C)OC(=O)CCCCCCCCCCCCCCCCCCCCC. The number of likely N-dealkylation sites (N-methyl/N-ethyl adjacent to an activating group) is 1. The Morgan fingerprint density at radius 2 is 0.919 bits per heavy atom. The van der Waals surface area contributed by atoms with Crippen LogP contribution in [0.3, 0.4) is 0 Å². The summed E-state index contributed by atoms with van der Waals surface area (Å²) in [5.74, 6) is -0.930. The van der Waals surface area contributed by atoms with Gasteiger partial charge in [0.1, 0.15) is 19.8 Å². The molecule has 0 radical (unpaired) electrons. The second-order valence-corrected chi connectivity index (χ2v) is 18.9. The van der Waals surface area contributed by atoms with Crippen LogP contribution in [0, 0.1) is 0 Å². The van der Waals surface area contributed by atoms with Crippen LogP contribution < -0.4 is 4.89 Å². The fourth-order valence-corrected chi connectivity index (χ4v) is 7.17. The maximum atomic E-state index is 12.7. The summed E-state index contributed by atoms with van der Waals surface area (Å²) in [6.45, 7) is 4.04. The number of carbonyl (C=O) groups excluding carboxylic acids is 2. The van der Waals surface area contributed by atoms with Crippen molar-refractivity contribution in [3.63, 3.8) is 0 Å². The molecule has 62 heavy (non-hydrogen) atoms. The number of quaternary nitrogens is 1. The number of phosphoric ester groups is 1. The topological polar surface area (TPSA) is 111 Å². The molecule has 2 atom stereocenters. The molecule has 1 unspecified atom stereocenters. The van der Waals surface area contributed by atoms with Gasteiger partial charge in [-0.25, -0.2) is 0 Å². The lowest BCUT2D eigenvalue weighted by Gasteiger charge is -2.28. The Bertz CT molecular complexity index is 1280. The van der Waals surface area contributed by atoms with Gasteiger partial charge in [0.15, 0.2) is 6.10 Å². The van der Waals surface area contributed by atoms with Gasteiger partial charge in [0.05, 0.1) is 27.7 Å².